The zero-order valence-corrected chi connectivity index (χ0v) is 12.1. The summed E-state index contributed by atoms with van der Waals surface area (Å²) in [5.41, 5.74) is 0. The van der Waals surface area contributed by atoms with Crippen molar-refractivity contribution >= 4 is 5.91 Å². The Balaban J connectivity index is 1.78. The van der Waals surface area contributed by atoms with Gasteiger partial charge in [-0.15, -0.1) is 0 Å². The first-order chi connectivity index (χ1) is 10.2. The number of benzene rings is 1. The lowest BCUT2D eigenvalue weighted by Crippen LogP contribution is -2.45. The summed E-state index contributed by atoms with van der Waals surface area (Å²) >= 11 is 0. The molecule has 1 aromatic rings. The van der Waals surface area contributed by atoms with Crippen LogP contribution in [0, 0.1) is 5.82 Å². The molecular weight excluding hydrogens is 273 g/mol. The molecule has 1 aromatic carbocycles. The predicted octanol–water partition coefficient (Wildman–Crippen LogP) is 2.36. The van der Waals surface area contributed by atoms with E-state index in [1.807, 2.05) is 4.90 Å². The number of rotatable bonds is 8. The molecule has 116 valence electrons. The summed E-state index contributed by atoms with van der Waals surface area (Å²) in [7, 11) is 0. The number of hydrogen-bond donors (Lipinski definition) is 1. The van der Waals surface area contributed by atoms with E-state index in [2.05, 4.69) is 0 Å². The zero-order chi connectivity index (χ0) is 15.1. The second kappa shape index (κ2) is 7.98. The molecule has 0 aliphatic heterocycles. The Kier molecular flexibility index (Phi) is 5.99. The summed E-state index contributed by atoms with van der Waals surface area (Å²) in [5, 5.41) is 8.92. The molecule has 5 heteroatoms. The van der Waals surface area contributed by atoms with Gasteiger partial charge in [-0.2, -0.15) is 0 Å². The summed E-state index contributed by atoms with van der Waals surface area (Å²) in [6, 6.07) is 6.22. The van der Waals surface area contributed by atoms with Crippen molar-refractivity contribution in [1.29, 1.82) is 0 Å². The summed E-state index contributed by atoms with van der Waals surface area (Å²) in [5.74, 6) is 0.135. The molecule has 0 aromatic heterocycles. The molecule has 1 saturated carbocycles. The van der Waals surface area contributed by atoms with Gasteiger partial charge in [0.1, 0.15) is 11.6 Å². The van der Waals surface area contributed by atoms with E-state index in [0.717, 1.165) is 19.3 Å². The van der Waals surface area contributed by atoms with E-state index in [1.165, 1.54) is 12.1 Å². The van der Waals surface area contributed by atoms with E-state index < -0.39 is 0 Å². The highest BCUT2D eigenvalue weighted by atomic mass is 19.1. The first-order valence-electron chi connectivity index (χ1n) is 7.49. The van der Waals surface area contributed by atoms with E-state index >= 15 is 0 Å². The van der Waals surface area contributed by atoms with Crippen LogP contribution >= 0.6 is 0 Å². The lowest BCUT2D eigenvalue weighted by atomic mass is 9.91. The van der Waals surface area contributed by atoms with Crippen LogP contribution in [0.15, 0.2) is 24.3 Å². The summed E-state index contributed by atoms with van der Waals surface area (Å²) in [6.07, 6.45) is 4.13. The first-order valence-corrected chi connectivity index (χ1v) is 7.49. The molecule has 4 nitrogen and oxygen atoms in total. The van der Waals surface area contributed by atoms with Crippen LogP contribution in [0.3, 0.4) is 0 Å². The van der Waals surface area contributed by atoms with Crippen molar-refractivity contribution in [2.24, 2.45) is 0 Å². The maximum atomic E-state index is 13.0. The average Bonchev–Trinajstić information content (AvgIpc) is 2.41. The molecular formula is C16H22FNO3. The van der Waals surface area contributed by atoms with Crippen molar-refractivity contribution in [2.75, 3.05) is 19.8 Å². The standard InChI is InChI=1S/C16H22FNO3/c17-13-4-1-7-15(12-13)21-11-8-16(20)18(9-3-10-19)14-5-2-6-14/h1,4,7,12,14,19H,2-3,5-6,8-11H2. The quantitative estimate of drug-likeness (QED) is 0.801. The minimum Gasteiger partial charge on any atom is -0.493 e. The fourth-order valence-electron chi connectivity index (χ4n) is 2.41. The second-order valence-corrected chi connectivity index (χ2v) is 5.30. The fraction of sp³-hybridized carbons (Fsp3) is 0.562. The van der Waals surface area contributed by atoms with Gasteiger partial charge in [0.05, 0.1) is 13.0 Å². The van der Waals surface area contributed by atoms with Crippen molar-refractivity contribution in [3.63, 3.8) is 0 Å². The van der Waals surface area contributed by atoms with Crippen LogP contribution in [-0.2, 0) is 4.79 Å². The van der Waals surface area contributed by atoms with Crippen molar-refractivity contribution in [1.82, 2.24) is 4.90 Å². The molecule has 1 aliphatic carbocycles. The largest absolute Gasteiger partial charge is 0.493 e. The lowest BCUT2D eigenvalue weighted by Gasteiger charge is -2.37. The van der Waals surface area contributed by atoms with E-state index in [0.29, 0.717) is 24.8 Å². The van der Waals surface area contributed by atoms with E-state index in [-0.39, 0.29) is 31.4 Å². The minimum atomic E-state index is -0.349. The van der Waals surface area contributed by atoms with Gasteiger partial charge in [0.2, 0.25) is 5.91 Å². The number of hydrogen-bond acceptors (Lipinski definition) is 3. The number of carbonyl (C=O) groups is 1. The number of aliphatic hydroxyl groups excluding tert-OH is 1. The Bertz CT molecular complexity index is 463. The van der Waals surface area contributed by atoms with E-state index in [9.17, 15) is 9.18 Å². The Morgan fingerprint density at radius 3 is 2.86 bits per heavy atom. The topological polar surface area (TPSA) is 49.8 Å². The molecule has 1 fully saturated rings. The highest BCUT2D eigenvalue weighted by Gasteiger charge is 2.27. The van der Waals surface area contributed by atoms with Gasteiger partial charge in [-0.05, 0) is 37.8 Å². The van der Waals surface area contributed by atoms with Gasteiger partial charge in [-0.1, -0.05) is 6.07 Å². The Labute approximate surface area is 124 Å². The molecule has 2 rings (SSSR count). The van der Waals surface area contributed by atoms with Crippen LogP contribution in [0.5, 0.6) is 5.75 Å². The maximum absolute atomic E-state index is 13.0. The SMILES string of the molecule is O=C(CCOc1cccc(F)c1)N(CCCO)C1CCC1. The van der Waals surface area contributed by atoms with Crippen LogP contribution in [0.1, 0.15) is 32.1 Å². The monoisotopic (exact) mass is 295 g/mol. The van der Waals surface area contributed by atoms with Gasteiger partial charge in [0.15, 0.2) is 0 Å². The highest BCUT2D eigenvalue weighted by molar-refractivity contribution is 5.76. The molecule has 0 saturated heterocycles. The fourth-order valence-corrected chi connectivity index (χ4v) is 2.41. The molecule has 0 radical (unpaired) electrons. The van der Waals surface area contributed by atoms with Gasteiger partial charge < -0.3 is 14.7 Å². The van der Waals surface area contributed by atoms with Crippen molar-refractivity contribution < 1.29 is 19.0 Å². The molecule has 1 N–H and O–H groups in total. The van der Waals surface area contributed by atoms with E-state index in [1.54, 1.807) is 12.1 Å². The van der Waals surface area contributed by atoms with Crippen molar-refractivity contribution in [2.45, 2.75) is 38.1 Å². The Morgan fingerprint density at radius 1 is 1.43 bits per heavy atom. The summed E-state index contributed by atoms with van der Waals surface area (Å²) in [6.45, 7) is 0.931. The van der Waals surface area contributed by atoms with Gasteiger partial charge >= 0.3 is 0 Å². The van der Waals surface area contributed by atoms with Gasteiger partial charge in [0.25, 0.3) is 0 Å². The van der Waals surface area contributed by atoms with E-state index in [4.69, 9.17) is 9.84 Å². The zero-order valence-electron chi connectivity index (χ0n) is 12.1. The van der Waals surface area contributed by atoms with Crippen molar-refractivity contribution in [3.05, 3.63) is 30.1 Å². The average molecular weight is 295 g/mol. The maximum Gasteiger partial charge on any atom is 0.226 e. The minimum absolute atomic E-state index is 0.0459. The number of carbonyl (C=O) groups excluding carboxylic acids is 1. The van der Waals surface area contributed by atoms with Crippen LogP contribution in [0.2, 0.25) is 0 Å². The Morgan fingerprint density at radius 2 is 2.24 bits per heavy atom. The van der Waals surface area contributed by atoms with Gasteiger partial charge in [-0.25, -0.2) is 4.39 Å². The van der Waals surface area contributed by atoms with Gasteiger partial charge in [0, 0.05) is 25.3 Å². The van der Waals surface area contributed by atoms with Crippen molar-refractivity contribution in [3.8, 4) is 5.75 Å². The van der Waals surface area contributed by atoms with Crippen LogP contribution in [0.25, 0.3) is 0 Å². The third-order valence-electron chi connectivity index (χ3n) is 3.77. The summed E-state index contributed by atoms with van der Waals surface area (Å²) in [4.78, 5) is 14.1. The molecule has 0 atom stereocenters. The number of halogens is 1. The first kappa shape index (κ1) is 15.8. The lowest BCUT2D eigenvalue weighted by molar-refractivity contribution is -0.136. The third-order valence-corrected chi connectivity index (χ3v) is 3.77. The molecule has 0 bridgehead atoms. The number of amides is 1. The molecule has 0 unspecified atom stereocenters. The Hall–Kier alpha value is -1.62. The molecule has 1 aliphatic rings. The number of ether oxygens (including phenoxy) is 1. The number of nitrogens with zero attached hydrogens (tertiary/aromatic N) is 1. The highest BCUT2D eigenvalue weighted by Crippen LogP contribution is 2.25. The van der Waals surface area contributed by atoms with Crippen LogP contribution in [-0.4, -0.2) is 41.7 Å². The molecule has 0 spiro atoms. The smallest absolute Gasteiger partial charge is 0.226 e. The normalized spacial score (nSPS) is 14.6. The molecule has 0 heterocycles. The van der Waals surface area contributed by atoms with Gasteiger partial charge in [-0.3, -0.25) is 4.79 Å². The third kappa shape index (κ3) is 4.70. The summed E-state index contributed by atoms with van der Waals surface area (Å²) < 4.78 is 18.4. The second-order valence-electron chi connectivity index (χ2n) is 5.30. The van der Waals surface area contributed by atoms with Crippen LogP contribution < -0.4 is 4.74 Å². The predicted molar refractivity (Wildman–Crippen MR) is 77.6 cm³/mol. The molecule has 1 amide bonds. The van der Waals surface area contributed by atoms with Crippen LogP contribution in [0.4, 0.5) is 4.39 Å². The molecule has 21 heavy (non-hydrogen) atoms. The number of aliphatic hydroxyl groups is 1.